The summed E-state index contributed by atoms with van der Waals surface area (Å²) in [6.07, 6.45) is 0. The normalized spacial score (nSPS) is 16.5. The molecule has 134 valence electrons. The summed E-state index contributed by atoms with van der Waals surface area (Å²) in [4.78, 5) is 7.42. The van der Waals surface area contributed by atoms with Crippen LogP contribution in [0.15, 0.2) is 54.6 Å². The van der Waals surface area contributed by atoms with Crippen LogP contribution in [0.1, 0.15) is 17.3 Å². The minimum atomic E-state index is 0.00959. The summed E-state index contributed by atoms with van der Waals surface area (Å²) in [6, 6.07) is 18.3. The van der Waals surface area contributed by atoms with Gasteiger partial charge < -0.3 is 10.1 Å². The van der Waals surface area contributed by atoms with Crippen LogP contribution in [0.3, 0.4) is 0 Å². The summed E-state index contributed by atoms with van der Waals surface area (Å²) in [5, 5.41) is 5.28. The van der Waals surface area contributed by atoms with Crippen molar-refractivity contribution in [3.63, 3.8) is 0 Å². The summed E-state index contributed by atoms with van der Waals surface area (Å²) in [6.45, 7) is 3.84. The van der Waals surface area contributed by atoms with Gasteiger partial charge in [-0.1, -0.05) is 35.9 Å². The maximum Gasteiger partial charge on any atom is 0.124 e. The second-order valence-electron chi connectivity index (χ2n) is 6.50. The molecular weight excluding hydrogens is 346 g/mol. The molecule has 3 aromatic rings. The second kappa shape index (κ2) is 7.62. The fourth-order valence-corrected chi connectivity index (χ4v) is 3.82. The van der Waals surface area contributed by atoms with Gasteiger partial charge in [0.15, 0.2) is 0 Å². The van der Waals surface area contributed by atoms with Crippen LogP contribution in [-0.2, 0) is 0 Å². The Hall–Kier alpha value is -2.14. The molecule has 5 heteroatoms. The molecule has 0 bridgehead atoms. The average molecular weight is 368 g/mol. The second-order valence-corrected chi connectivity index (χ2v) is 6.94. The number of nitrogens with one attached hydrogen (secondary N) is 1. The number of halogens is 1. The van der Waals surface area contributed by atoms with Gasteiger partial charge in [-0.2, -0.15) is 0 Å². The van der Waals surface area contributed by atoms with E-state index in [-0.39, 0.29) is 6.04 Å². The first kappa shape index (κ1) is 17.3. The molecule has 0 radical (unpaired) electrons. The van der Waals surface area contributed by atoms with Crippen molar-refractivity contribution in [2.24, 2.45) is 0 Å². The number of piperazine rings is 1. The number of nitrogens with zero attached hydrogens (tertiary/aromatic N) is 2. The Bertz CT molecular complexity index is 909. The zero-order valence-electron chi connectivity index (χ0n) is 14.8. The van der Waals surface area contributed by atoms with E-state index in [9.17, 15) is 0 Å². The first-order valence-corrected chi connectivity index (χ1v) is 9.28. The molecule has 0 aliphatic carbocycles. The first-order valence-electron chi connectivity index (χ1n) is 8.90. The van der Waals surface area contributed by atoms with Gasteiger partial charge in [0.05, 0.1) is 24.4 Å². The SMILES string of the molecule is COc1ccc(Cl)cc1C(c1ccc2ccccc2n1)N1CCNCC1. The highest BCUT2D eigenvalue weighted by atomic mass is 35.5. The van der Waals surface area contributed by atoms with Gasteiger partial charge in [0.25, 0.3) is 0 Å². The Morgan fingerprint density at radius 3 is 2.69 bits per heavy atom. The van der Waals surface area contributed by atoms with Gasteiger partial charge in [-0.05, 0) is 30.3 Å². The topological polar surface area (TPSA) is 37.4 Å². The molecule has 1 aliphatic rings. The maximum absolute atomic E-state index is 6.33. The van der Waals surface area contributed by atoms with E-state index in [1.165, 1.54) is 0 Å². The van der Waals surface area contributed by atoms with Crippen LogP contribution in [0.25, 0.3) is 10.9 Å². The van der Waals surface area contributed by atoms with Crippen molar-refractivity contribution in [2.45, 2.75) is 6.04 Å². The Morgan fingerprint density at radius 1 is 1.08 bits per heavy atom. The Labute approximate surface area is 158 Å². The number of fused-ring (bicyclic) bond motifs is 1. The number of hydrogen-bond acceptors (Lipinski definition) is 4. The number of benzene rings is 2. The largest absolute Gasteiger partial charge is 0.496 e. The van der Waals surface area contributed by atoms with Crippen LogP contribution >= 0.6 is 11.6 Å². The summed E-state index contributed by atoms with van der Waals surface area (Å²) >= 11 is 6.33. The Morgan fingerprint density at radius 2 is 1.88 bits per heavy atom. The molecule has 1 N–H and O–H groups in total. The van der Waals surface area contributed by atoms with Crippen LogP contribution in [0.2, 0.25) is 5.02 Å². The predicted molar refractivity (Wildman–Crippen MR) is 106 cm³/mol. The maximum atomic E-state index is 6.33. The monoisotopic (exact) mass is 367 g/mol. The quantitative estimate of drug-likeness (QED) is 0.759. The lowest BCUT2D eigenvalue weighted by Gasteiger charge is -2.35. The molecule has 0 spiro atoms. The van der Waals surface area contributed by atoms with E-state index in [2.05, 4.69) is 34.5 Å². The Kier molecular flexibility index (Phi) is 5.07. The number of pyridine rings is 1. The highest BCUT2D eigenvalue weighted by molar-refractivity contribution is 6.30. The molecular formula is C21H22ClN3O. The number of methoxy groups -OCH3 is 1. The van der Waals surface area contributed by atoms with E-state index in [1.54, 1.807) is 7.11 Å². The van der Waals surface area contributed by atoms with Crippen molar-refractivity contribution < 1.29 is 4.74 Å². The molecule has 2 heterocycles. The van der Waals surface area contributed by atoms with E-state index < -0.39 is 0 Å². The summed E-state index contributed by atoms with van der Waals surface area (Å²) in [5.41, 5.74) is 3.09. The molecule has 1 aromatic heterocycles. The molecule has 1 atom stereocenters. The lowest BCUT2D eigenvalue weighted by Crippen LogP contribution is -2.45. The van der Waals surface area contributed by atoms with E-state index in [1.807, 2.05) is 30.3 Å². The molecule has 0 amide bonds. The van der Waals surface area contributed by atoms with Crippen molar-refractivity contribution in [1.29, 1.82) is 0 Å². The highest BCUT2D eigenvalue weighted by Gasteiger charge is 2.28. The number of para-hydroxylation sites is 1. The number of rotatable bonds is 4. The summed E-state index contributed by atoms with van der Waals surface area (Å²) < 4.78 is 5.65. The van der Waals surface area contributed by atoms with Gasteiger partial charge in [-0.15, -0.1) is 0 Å². The molecule has 2 aromatic carbocycles. The fraction of sp³-hybridized carbons (Fsp3) is 0.286. The van der Waals surface area contributed by atoms with Crippen molar-refractivity contribution in [1.82, 2.24) is 15.2 Å². The molecule has 4 nitrogen and oxygen atoms in total. The van der Waals surface area contributed by atoms with Gasteiger partial charge >= 0.3 is 0 Å². The molecule has 1 saturated heterocycles. The number of aromatic nitrogens is 1. The highest BCUT2D eigenvalue weighted by Crippen LogP contribution is 2.36. The van der Waals surface area contributed by atoms with Crippen LogP contribution in [0.4, 0.5) is 0 Å². The van der Waals surface area contributed by atoms with Crippen LogP contribution in [0, 0.1) is 0 Å². The lowest BCUT2D eigenvalue weighted by molar-refractivity contribution is 0.193. The van der Waals surface area contributed by atoms with Gasteiger partial charge in [0.2, 0.25) is 0 Å². The van der Waals surface area contributed by atoms with Gasteiger partial charge in [-0.25, -0.2) is 0 Å². The zero-order chi connectivity index (χ0) is 17.9. The molecule has 1 fully saturated rings. The van der Waals surface area contributed by atoms with E-state index >= 15 is 0 Å². The van der Waals surface area contributed by atoms with E-state index in [0.717, 1.165) is 54.1 Å². The van der Waals surface area contributed by atoms with Crippen molar-refractivity contribution >= 4 is 22.5 Å². The molecule has 1 unspecified atom stereocenters. The zero-order valence-corrected chi connectivity index (χ0v) is 15.5. The average Bonchev–Trinajstić information content (AvgIpc) is 2.69. The smallest absolute Gasteiger partial charge is 0.124 e. The molecule has 26 heavy (non-hydrogen) atoms. The molecule has 4 rings (SSSR count). The lowest BCUT2D eigenvalue weighted by atomic mass is 9.98. The van der Waals surface area contributed by atoms with Crippen molar-refractivity contribution in [3.8, 4) is 5.75 Å². The van der Waals surface area contributed by atoms with Crippen LogP contribution in [-0.4, -0.2) is 43.2 Å². The molecule has 1 aliphatic heterocycles. The number of hydrogen-bond donors (Lipinski definition) is 1. The third-order valence-corrected chi connectivity index (χ3v) is 5.14. The van der Waals surface area contributed by atoms with Crippen molar-refractivity contribution in [3.05, 3.63) is 70.9 Å². The third kappa shape index (κ3) is 3.40. The number of ether oxygens (including phenoxy) is 1. The summed E-state index contributed by atoms with van der Waals surface area (Å²) in [5.74, 6) is 0.841. The van der Waals surface area contributed by atoms with Gasteiger partial charge in [0.1, 0.15) is 5.75 Å². The first-order chi connectivity index (χ1) is 12.8. The fourth-order valence-electron chi connectivity index (χ4n) is 3.64. The standard InChI is InChI=1S/C21H22ClN3O/c1-26-20-9-7-16(22)14-17(20)21(25-12-10-23-11-13-25)19-8-6-15-4-2-3-5-18(15)24-19/h2-9,14,21,23H,10-13H2,1H3. The summed E-state index contributed by atoms with van der Waals surface area (Å²) in [7, 11) is 1.70. The van der Waals surface area contributed by atoms with E-state index in [0.29, 0.717) is 5.02 Å². The van der Waals surface area contributed by atoms with Gasteiger partial charge in [0, 0.05) is 42.2 Å². The predicted octanol–water partition coefficient (Wildman–Crippen LogP) is 3.89. The van der Waals surface area contributed by atoms with Crippen LogP contribution < -0.4 is 10.1 Å². The van der Waals surface area contributed by atoms with Gasteiger partial charge in [-0.3, -0.25) is 9.88 Å². The van der Waals surface area contributed by atoms with E-state index in [4.69, 9.17) is 21.3 Å². The minimum absolute atomic E-state index is 0.00959. The Balaban J connectivity index is 1.86. The third-order valence-electron chi connectivity index (χ3n) is 4.90. The van der Waals surface area contributed by atoms with Crippen LogP contribution in [0.5, 0.6) is 5.75 Å². The molecule has 0 saturated carbocycles. The van der Waals surface area contributed by atoms with Crippen molar-refractivity contribution in [2.75, 3.05) is 33.3 Å². The minimum Gasteiger partial charge on any atom is -0.496 e.